The van der Waals surface area contributed by atoms with Crippen LogP contribution in [0.5, 0.6) is 0 Å². The van der Waals surface area contributed by atoms with Gasteiger partial charge in [-0.1, -0.05) is 35.9 Å². The van der Waals surface area contributed by atoms with E-state index in [1.165, 1.54) is 11.1 Å². The normalized spacial score (nSPS) is 21.6. The molecule has 1 aromatic rings. The van der Waals surface area contributed by atoms with Crippen LogP contribution in [0, 0.1) is 6.92 Å². The Bertz CT molecular complexity index is 551. The van der Waals surface area contributed by atoms with Crippen molar-refractivity contribution in [2.45, 2.75) is 38.3 Å². The van der Waals surface area contributed by atoms with Crippen molar-refractivity contribution in [1.29, 1.82) is 0 Å². The summed E-state index contributed by atoms with van der Waals surface area (Å²) in [6.45, 7) is 3.67. The quantitative estimate of drug-likeness (QED) is 0.752. The molecule has 1 amide bonds. The van der Waals surface area contributed by atoms with Crippen LogP contribution in [-0.2, 0) is 16.0 Å². The van der Waals surface area contributed by atoms with Crippen molar-refractivity contribution in [3.63, 3.8) is 0 Å². The van der Waals surface area contributed by atoms with Gasteiger partial charge in [-0.05, 0) is 45.8 Å². The molecule has 0 saturated carbocycles. The minimum Gasteiger partial charge on any atom is -0.379 e. The predicted molar refractivity (Wildman–Crippen MR) is 98.1 cm³/mol. The molecule has 4 nitrogen and oxygen atoms in total. The second-order valence-corrected chi connectivity index (χ2v) is 6.87. The highest BCUT2D eigenvalue weighted by molar-refractivity contribution is 5.88. The molecule has 132 valence electrons. The summed E-state index contributed by atoms with van der Waals surface area (Å²) >= 11 is 0. The van der Waals surface area contributed by atoms with E-state index in [1.54, 1.807) is 13.2 Å². The third-order valence-corrected chi connectivity index (χ3v) is 4.60. The summed E-state index contributed by atoms with van der Waals surface area (Å²) < 4.78 is 5.70. The van der Waals surface area contributed by atoms with E-state index in [4.69, 9.17) is 4.74 Å². The van der Waals surface area contributed by atoms with Gasteiger partial charge in [0.15, 0.2) is 0 Å². The summed E-state index contributed by atoms with van der Waals surface area (Å²) in [5.74, 6) is 0.0933. The molecule has 0 N–H and O–H groups in total. The lowest BCUT2D eigenvalue weighted by Crippen LogP contribution is -2.52. The van der Waals surface area contributed by atoms with E-state index < -0.39 is 0 Å². The van der Waals surface area contributed by atoms with Crippen LogP contribution in [0.2, 0.25) is 0 Å². The monoisotopic (exact) mass is 330 g/mol. The van der Waals surface area contributed by atoms with Crippen molar-refractivity contribution < 1.29 is 9.53 Å². The van der Waals surface area contributed by atoms with Gasteiger partial charge in [-0.25, -0.2) is 0 Å². The third-order valence-electron chi connectivity index (χ3n) is 4.60. The van der Waals surface area contributed by atoms with E-state index in [2.05, 4.69) is 31.2 Å². The summed E-state index contributed by atoms with van der Waals surface area (Å²) in [5, 5.41) is 0. The summed E-state index contributed by atoms with van der Waals surface area (Å²) in [4.78, 5) is 16.7. The number of ether oxygens (including phenoxy) is 1. The summed E-state index contributed by atoms with van der Waals surface area (Å²) in [6.07, 6.45) is 6.59. The fourth-order valence-electron chi connectivity index (χ4n) is 3.24. The van der Waals surface area contributed by atoms with Gasteiger partial charge in [-0.15, -0.1) is 0 Å². The minimum atomic E-state index is 0.0933. The lowest BCUT2D eigenvalue weighted by Gasteiger charge is -2.40. The van der Waals surface area contributed by atoms with Gasteiger partial charge in [0.1, 0.15) is 0 Å². The number of methoxy groups -OCH3 is 1. The van der Waals surface area contributed by atoms with Crippen molar-refractivity contribution >= 4 is 5.91 Å². The van der Waals surface area contributed by atoms with Gasteiger partial charge in [0, 0.05) is 26.3 Å². The maximum absolute atomic E-state index is 12.7. The van der Waals surface area contributed by atoms with Crippen molar-refractivity contribution in [3.8, 4) is 0 Å². The Morgan fingerprint density at radius 3 is 2.67 bits per heavy atom. The van der Waals surface area contributed by atoms with Crippen LogP contribution < -0.4 is 0 Å². The maximum atomic E-state index is 12.7. The number of carbonyl (C=O) groups is 1. The van der Waals surface area contributed by atoms with E-state index in [-0.39, 0.29) is 18.1 Å². The topological polar surface area (TPSA) is 32.8 Å². The lowest BCUT2D eigenvalue weighted by molar-refractivity contribution is -0.134. The third kappa shape index (κ3) is 5.18. The Morgan fingerprint density at radius 2 is 2.04 bits per heavy atom. The number of likely N-dealkylation sites (tertiary alicyclic amines) is 1. The van der Waals surface area contributed by atoms with Crippen molar-refractivity contribution in [2.24, 2.45) is 0 Å². The molecule has 0 aromatic heterocycles. The number of nitrogens with zero attached hydrogens (tertiary/aromatic N) is 2. The smallest absolute Gasteiger partial charge is 0.246 e. The zero-order valence-corrected chi connectivity index (χ0v) is 15.4. The predicted octanol–water partition coefficient (Wildman–Crippen LogP) is 2.66. The number of rotatable bonds is 6. The van der Waals surface area contributed by atoms with Gasteiger partial charge in [-0.2, -0.15) is 0 Å². The Balaban J connectivity index is 2.12. The Morgan fingerprint density at radius 1 is 1.33 bits per heavy atom. The molecule has 2 rings (SSSR count). The number of benzene rings is 1. The van der Waals surface area contributed by atoms with Crippen LogP contribution in [0.3, 0.4) is 0 Å². The van der Waals surface area contributed by atoms with Gasteiger partial charge in [0.25, 0.3) is 0 Å². The summed E-state index contributed by atoms with van der Waals surface area (Å²) in [6, 6.07) is 8.66. The molecule has 1 fully saturated rings. The molecule has 0 bridgehead atoms. The second kappa shape index (κ2) is 9.00. The SMILES string of the molecule is CO[C@H]1CCCN(C(=O)/C=C/CN(C)C)[C@H]1Cc1ccc(C)cc1. The van der Waals surface area contributed by atoms with Crippen LogP contribution in [-0.4, -0.2) is 62.1 Å². The van der Waals surface area contributed by atoms with E-state index in [0.717, 1.165) is 32.4 Å². The number of hydrogen-bond donors (Lipinski definition) is 0. The minimum absolute atomic E-state index is 0.0933. The van der Waals surface area contributed by atoms with Gasteiger partial charge < -0.3 is 14.5 Å². The summed E-state index contributed by atoms with van der Waals surface area (Å²) in [7, 11) is 5.75. The van der Waals surface area contributed by atoms with Crippen LogP contribution in [0.15, 0.2) is 36.4 Å². The standard InChI is InChI=1S/C20H30N2O2/c1-16-9-11-17(12-10-16)15-18-19(24-4)7-5-14-22(18)20(23)8-6-13-21(2)3/h6,8-12,18-19H,5,7,13-15H2,1-4H3/b8-6+/t18-,19-/m0/s1. The fraction of sp³-hybridized carbons (Fsp3) is 0.550. The van der Waals surface area contributed by atoms with Crippen LogP contribution >= 0.6 is 0 Å². The number of hydrogen-bond acceptors (Lipinski definition) is 3. The molecule has 1 aliphatic heterocycles. The first-order valence-corrected chi connectivity index (χ1v) is 8.71. The van der Waals surface area contributed by atoms with E-state index in [1.807, 2.05) is 30.0 Å². The zero-order chi connectivity index (χ0) is 17.5. The molecule has 4 heteroatoms. The highest BCUT2D eigenvalue weighted by Crippen LogP contribution is 2.24. The Hall–Kier alpha value is -1.65. The molecule has 1 aromatic carbocycles. The molecule has 1 heterocycles. The van der Waals surface area contributed by atoms with E-state index in [9.17, 15) is 4.79 Å². The number of carbonyl (C=O) groups excluding carboxylic acids is 1. The number of aryl methyl sites for hydroxylation is 1. The highest BCUT2D eigenvalue weighted by Gasteiger charge is 2.33. The Labute approximate surface area is 146 Å². The molecular formula is C20H30N2O2. The van der Waals surface area contributed by atoms with E-state index >= 15 is 0 Å². The molecular weight excluding hydrogens is 300 g/mol. The first-order valence-electron chi connectivity index (χ1n) is 8.71. The molecule has 2 atom stereocenters. The summed E-state index contributed by atoms with van der Waals surface area (Å²) in [5.41, 5.74) is 2.51. The maximum Gasteiger partial charge on any atom is 0.246 e. The average Bonchev–Trinajstić information content (AvgIpc) is 2.56. The van der Waals surface area contributed by atoms with Gasteiger partial charge in [0.05, 0.1) is 12.1 Å². The number of likely N-dealkylation sites (N-methyl/N-ethyl adjacent to an activating group) is 1. The first kappa shape index (κ1) is 18.7. The molecule has 24 heavy (non-hydrogen) atoms. The average molecular weight is 330 g/mol. The van der Waals surface area contributed by atoms with Gasteiger partial charge in [0.2, 0.25) is 5.91 Å². The van der Waals surface area contributed by atoms with E-state index in [0.29, 0.717) is 0 Å². The van der Waals surface area contributed by atoms with Gasteiger partial charge in [-0.3, -0.25) is 4.79 Å². The Kier molecular flexibility index (Phi) is 7.00. The second-order valence-electron chi connectivity index (χ2n) is 6.87. The first-order chi connectivity index (χ1) is 11.5. The fourth-order valence-corrected chi connectivity index (χ4v) is 3.24. The molecule has 1 saturated heterocycles. The molecule has 0 unspecified atom stereocenters. The number of amides is 1. The highest BCUT2D eigenvalue weighted by atomic mass is 16.5. The van der Waals surface area contributed by atoms with Crippen LogP contribution in [0.25, 0.3) is 0 Å². The van der Waals surface area contributed by atoms with Gasteiger partial charge >= 0.3 is 0 Å². The van der Waals surface area contributed by atoms with Crippen LogP contribution in [0.1, 0.15) is 24.0 Å². The van der Waals surface area contributed by atoms with Crippen molar-refractivity contribution in [3.05, 3.63) is 47.5 Å². The zero-order valence-electron chi connectivity index (χ0n) is 15.4. The largest absolute Gasteiger partial charge is 0.379 e. The molecule has 0 radical (unpaired) electrons. The molecule has 0 aliphatic carbocycles. The molecule has 1 aliphatic rings. The lowest BCUT2D eigenvalue weighted by atomic mass is 9.92. The van der Waals surface area contributed by atoms with Crippen molar-refractivity contribution in [1.82, 2.24) is 9.80 Å². The number of piperidine rings is 1. The van der Waals surface area contributed by atoms with Crippen molar-refractivity contribution in [2.75, 3.05) is 34.3 Å². The van der Waals surface area contributed by atoms with Crippen LogP contribution in [0.4, 0.5) is 0 Å². The molecule has 0 spiro atoms.